The quantitative estimate of drug-likeness (QED) is 0.752. The van der Waals surface area contributed by atoms with Gasteiger partial charge >= 0.3 is 0 Å². The lowest BCUT2D eigenvalue weighted by atomic mass is 9.78. The molecular formula is C10H17N3. The second-order valence-electron chi connectivity index (χ2n) is 4.33. The molecule has 0 bridgehead atoms. The molecule has 0 aliphatic heterocycles. The summed E-state index contributed by atoms with van der Waals surface area (Å²) in [4.78, 5) is 4.17. The topological polar surface area (TPSA) is 43.8 Å². The molecule has 0 spiro atoms. The third-order valence-corrected chi connectivity index (χ3v) is 3.15. The van der Waals surface area contributed by atoms with E-state index in [1.165, 1.54) is 19.3 Å². The predicted octanol–water partition coefficient (Wildman–Crippen LogP) is 1.80. The largest absolute Gasteiger partial charge is 0.327 e. The Morgan fingerprint density at radius 1 is 1.62 bits per heavy atom. The minimum Gasteiger partial charge on any atom is -0.327 e. The Kier molecular flexibility index (Phi) is 1.91. The van der Waals surface area contributed by atoms with Gasteiger partial charge in [0.25, 0.3) is 0 Å². The molecule has 1 aromatic rings. The van der Waals surface area contributed by atoms with Gasteiger partial charge in [-0.3, -0.25) is 0 Å². The van der Waals surface area contributed by atoms with E-state index in [9.17, 15) is 0 Å². The van der Waals surface area contributed by atoms with E-state index in [0.29, 0.717) is 5.54 Å². The molecule has 0 unspecified atom stereocenters. The molecule has 0 aromatic carbocycles. The van der Waals surface area contributed by atoms with Crippen molar-refractivity contribution in [2.45, 2.75) is 44.7 Å². The van der Waals surface area contributed by atoms with Gasteiger partial charge in [-0.1, -0.05) is 0 Å². The molecule has 1 aliphatic carbocycles. The maximum absolute atomic E-state index is 5.87. The van der Waals surface area contributed by atoms with Crippen molar-refractivity contribution in [3.8, 4) is 0 Å². The Hall–Kier alpha value is -0.830. The van der Waals surface area contributed by atoms with E-state index in [2.05, 4.69) is 16.5 Å². The Morgan fingerprint density at radius 3 is 2.77 bits per heavy atom. The molecule has 72 valence electrons. The molecular weight excluding hydrogens is 162 g/mol. The third kappa shape index (κ3) is 1.27. The van der Waals surface area contributed by atoms with Crippen molar-refractivity contribution in [3.63, 3.8) is 0 Å². The van der Waals surface area contributed by atoms with Crippen LogP contribution in [0.3, 0.4) is 0 Å². The van der Waals surface area contributed by atoms with E-state index in [4.69, 9.17) is 5.73 Å². The van der Waals surface area contributed by atoms with Gasteiger partial charge in [0.2, 0.25) is 0 Å². The second kappa shape index (κ2) is 2.84. The lowest BCUT2D eigenvalue weighted by Gasteiger charge is -2.41. The van der Waals surface area contributed by atoms with Crippen molar-refractivity contribution in [2.24, 2.45) is 5.73 Å². The van der Waals surface area contributed by atoms with Crippen LogP contribution in [0.25, 0.3) is 0 Å². The minimum atomic E-state index is 0.0833. The fourth-order valence-electron chi connectivity index (χ4n) is 2.02. The van der Waals surface area contributed by atoms with Crippen LogP contribution in [0.15, 0.2) is 12.5 Å². The molecule has 0 radical (unpaired) electrons. The summed E-state index contributed by atoms with van der Waals surface area (Å²) in [6, 6.07) is 0.0833. The monoisotopic (exact) mass is 179 g/mol. The molecule has 0 saturated heterocycles. The number of hydrogen-bond donors (Lipinski definition) is 1. The van der Waals surface area contributed by atoms with Crippen LogP contribution in [-0.2, 0) is 5.54 Å². The summed E-state index contributed by atoms with van der Waals surface area (Å²) in [5.74, 6) is 0. The Morgan fingerprint density at radius 2 is 2.31 bits per heavy atom. The SMILES string of the molecule is C[C@@H](N)c1cncn1C1(C)CCC1. The van der Waals surface area contributed by atoms with Gasteiger partial charge in [0, 0.05) is 17.8 Å². The Labute approximate surface area is 79.0 Å². The molecule has 0 amide bonds. The molecule has 3 heteroatoms. The first-order valence-electron chi connectivity index (χ1n) is 4.92. The van der Waals surface area contributed by atoms with Crippen LogP contribution in [0, 0.1) is 0 Å². The summed E-state index contributed by atoms with van der Waals surface area (Å²) in [5.41, 5.74) is 7.32. The molecule has 1 saturated carbocycles. The van der Waals surface area contributed by atoms with Gasteiger partial charge in [-0.05, 0) is 33.1 Å². The summed E-state index contributed by atoms with van der Waals surface area (Å²) < 4.78 is 2.25. The second-order valence-corrected chi connectivity index (χ2v) is 4.33. The maximum atomic E-state index is 5.87. The van der Waals surface area contributed by atoms with Crippen molar-refractivity contribution in [3.05, 3.63) is 18.2 Å². The van der Waals surface area contributed by atoms with E-state index in [1.807, 2.05) is 19.4 Å². The molecule has 2 rings (SSSR count). The third-order valence-electron chi connectivity index (χ3n) is 3.15. The predicted molar refractivity (Wildman–Crippen MR) is 52.3 cm³/mol. The maximum Gasteiger partial charge on any atom is 0.0953 e. The molecule has 1 atom stereocenters. The first-order valence-corrected chi connectivity index (χ1v) is 4.92. The normalized spacial score (nSPS) is 22.4. The fourth-order valence-corrected chi connectivity index (χ4v) is 2.02. The fraction of sp³-hybridized carbons (Fsp3) is 0.700. The summed E-state index contributed by atoms with van der Waals surface area (Å²) in [5, 5.41) is 0. The number of nitrogens with zero attached hydrogens (tertiary/aromatic N) is 2. The number of hydrogen-bond acceptors (Lipinski definition) is 2. The average molecular weight is 179 g/mol. The zero-order valence-corrected chi connectivity index (χ0v) is 8.33. The number of nitrogens with two attached hydrogens (primary N) is 1. The van der Waals surface area contributed by atoms with Crippen molar-refractivity contribution in [1.29, 1.82) is 0 Å². The van der Waals surface area contributed by atoms with Gasteiger partial charge in [-0.2, -0.15) is 0 Å². The van der Waals surface area contributed by atoms with Gasteiger partial charge in [0.05, 0.1) is 12.0 Å². The highest BCUT2D eigenvalue weighted by Crippen LogP contribution is 2.39. The number of rotatable bonds is 2. The first-order chi connectivity index (χ1) is 6.13. The zero-order chi connectivity index (χ0) is 9.47. The lowest BCUT2D eigenvalue weighted by molar-refractivity contribution is 0.162. The van der Waals surface area contributed by atoms with Gasteiger partial charge in [0.15, 0.2) is 0 Å². The summed E-state index contributed by atoms with van der Waals surface area (Å²) in [6.45, 7) is 4.29. The van der Waals surface area contributed by atoms with Crippen LogP contribution in [0.2, 0.25) is 0 Å². The van der Waals surface area contributed by atoms with Crippen molar-refractivity contribution < 1.29 is 0 Å². The van der Waals surface area contributed by atoms with Crippen LogP contribution in [0.5, 0.6) is 0 Å². The summed E-state index contributed by atoms with van der Waals surface area (Å²) in [7, 11) is 0. The van der Waals surface area contributed by atoms with Gasteiger partial charge in [-0.15, -0.1) is 0 Å². The van der Waals surface area contributed by atoms with E-state index >= 15 is 0 Å². The molecule has 2 N–H and O–H groups in total. The molecule has 1 aromatic heterocycles. The zero-order valence-electron chi connectivity index (χ0n) is 8.33. The molecule has 13 heavy (non-hydrogen) atoms. The Bertz CT molecular complexity index is 297. The van der Waals surface area contributed by atoms with E-state index < -0.39 is 0 Å². The smallest absolute Gasteiger partial charge is 0.0953 e. The van der Waals surface area contributed by atoms with Gasteiger partial charge in [-0.25, -0.2) is 4.98 Å². The van der Waals surface area contributed by atoms with Gasteiger partial charge in [0.1, 0.15) is 0 Å². The number of aromatic nitrogens is 2. The highest BCUT2D eigenvalue weighted by atomic mass is 15.1. The van der Waals surface area contributed by atoms with Gasteiger partial charge < -0.3 is 10.3 Å². The number of imidazole rings is 1. The molecule has 1 aliphatic rings. The summed E-state index contributed by atoms with van der Waals surface area (Å²) in [6.07, 6.45) is 7.63. The average Bonchev–Trinajstić information content (AvgIpc) is 2.47. The van der Waals surface area contributed by atoms with Crippen molar-refractivity contribution in [2.75, 3.05) is 0 Å². The minimum absolute atomic E-state index is 0.0833. The van der Waals surface area contributed by atoms with E-state index in [-0.39, 0.29) is 6.04 Å². The molecule has 1 fully saturated rings. The van der Waals surface area contributed by atoms with Crippen LogP contribution >= 0.6 is 0 Å². The van der Waals surface area contributed by atoms with Crippen LogP contribution in [-0.4, -0.2) is 9.55 Å². The van der Waals surface area contributed by atoms with Crippen LogP contribution in [0.4, 0.5) is 0 Å². The van der Waals surface area contributed by atoms with Crippen LogP contribution < -0.4 is 5.73 Å². The van der Waals surface area contributed by atoms with Crippen molar-refractivity contribution >= 4 is 0 Å². The van der Waals surface area contributed by atoms with Crippen molar-refractivity contribution in [1.82, 2.24) is 9.55 Å². The molecule has 3 nitrogen and oxygen atoms in total. The lowest BCUT2D eigenvalue weighted by Crippen LogP contribution is -2.38. The first kappa shape index (κ1) is 8.75. The van der Waals surface area contributed by atoms with E-state index in [0.717, 1.165) is 5.69 Å². The van der Waals surface area contributed by atoms with E-state index in [1.54, 1.807) is 0 Å². The summed E-state index contributed by atoms with van der Waals surface area (Å²) >= 11 is 0. The highest BCUT2D eigenvalue weighted by molar-refractivity contribution is 5.09. The standard InChI is InChI=1S/C10H17N3/c1-8(11)9-6-12-7-13(9)10(2)4-3-5-10/h6-8H,3-5,11H2,1-2H3/t8-/m1/s1. The highest BCUT2D eigenvalue weighted by Gasteiger charge is 2.35. The molecule has 1 heterocycles. The Balaban J connectivity index is 2.34. The van der Waals surface area contributed by atoms with Crippen LogP contribution in [0.1, 0.15) is 44.8 Å².